The Morgan fingerprint density at radius 1 is 1.00 bits per heavy atom. The molecule has 1 unspecified atom stereocenters. The number of carboxylic acids is 1. The molecule has 8 heteroatoms. The maximum atomic E-state index is 13.1. The third-order valence-corrected chi connectivity index (χ3v) is 5.10. The monoisotopic (exact) mass is 475 g/mol. The Kier molecular flexibility index (Phi) is 11.3. The standard InChI is InChI=1S/C26H34FNO6/c1-4-32-24(25(29)30)18-20-7-11-22(12-8-20)33-17-16-28(15-5-6-19(2)3)26(31)34-23-13-9-21(27)10-14-23/h7-14,19,24H,4-6,15-18H2,1-3H3,(H,29,30). The molecule has 0 aromatic heterocycles. The fourth-order valence-corrected chi connectivity index (χ4v) is 3.28. The van der Waals surface area contributed by atoms with Crippen LogP contribution in [0.2, 0.25) is 0 Å². The van der Waals surface area contributed by atoms with E-state index in [1.165, 1.54) is 24.3 Å². The van der Waals surface area contributed by atoms with Gasteiger partial charge in [-0.05, 0) is 67.6 Å². The lowest BCUT2D eigenvalue weighted by Crippen LogP contribution is -2.37. The van der Waals surface area contributed by atoms with E-state index in [4.69, 9.17) is 14.2 Å². The summed E-state index contributed by atoms with van der Waals surface area (Å²) in [6.45, 7) is 7.45. The van der Waals surface area contributed by atoms with Gasteiger partial charge in [0.1, 0.15) is 23.9 Å². The van der Waals surface area contributed by atoms with Crippen molar-refractivity contribution < 1.29 is 33.3 Å². The summed E-state index contributed by atoms with van der Waals surface area (Å²) in [5.74, 6) is 0.0226. The van der Waals surface area contributed by atoms with Crippen LogP contribution in [-0.4, -0.2) is 54.5 Å². The highest BCUT2D eigenvalue weighted by molar-refractivity contribution is 5.72. The molecule has 1 N–H and O–H groups in total. The Balaban J connectivity index is 1.90. The molecule has 0 fully saturated rings. The summed E-state index contributed by atoms with van der Waals surface area (Å²) in [5, 5.41) is 9.22. The zero-order valence-electron chi connectivity index (χ0n) is 20.0. The van der Waals surface area contributed by atoms with Crippen LogP contribution in [0, 0.1) is 11.7 Å². The molecule has 0 aliphatic rings. The van der Waals surface area contributed by atoms with Crippen LogP contribution in [0.4, 0.5) is 9.18 Å². The molecular formula is C26H34FNO6. The topological polar surface area (TPSA) is 85.3 Å². The molecule has 0 aliphatic heterocycles. The number of hydrogen-bond acceptors (Lipinski definition) is 5. The lowest BCUT2D eigenvalue weighted by molar-refractivity contribution is -0.149. The van der Waals surface area contributed by atoms with Gasteiger partial charge in [0.2, 0.25) is 0 Å². The van der Waals surface area contributed by atoms with Crippen molar-refractivity contribution in [2.45, 2.75) is 46.1 Å². The Morgan fingerprint density at radius 3 is 2.24 bits per heavy atom. The quantitative estimate of drug-likeness (QED) is 0.406. The van der Waals surface area contributed by atoms with Crippen molar-refractivity contribution in [3.05, 3.63) is 59.9 Å². The minimum Gasteiger partial charge on any atom is -0.492 e. The molecule has 0 saturated heterocycles. The van der Waals surface area contributed by atoms with Crippen LogP contribution in [0.1, 0.15) is 39.2 Å². The first-order valence-electron chi connectivity index (χ1n) is 11.6. The number of nitrogens with zero attached hydrogens (tertiary/aromatic N) is 1. The molecule has 1 atom stereocenters. The van der Waals surface area contributed by atoms with Gasteiger partial charge in [-0.1, -0.05) is 26.0 Å². The van der Waals surface area contributed by atoms with E-state index in [0.29, 0.717) is 31.4 Å². The number of halogens is 1. The summed E-state index contributed by atoms with van der Waals surface area (Å²) in [5.41, 5.74) is 0.825. The van der Waals surface area contributed by atoms with Gasteiger partial charge in [-0.25, -0.2) is 14.0 Å². The summed E-state index contributed by atoms with van der Waals surface area (Å²) in [4.78, 5) is 25.5. The van der Waals surface area contributed by atoms with Crippen molar-refractivity contribution in [2.75, 3.05) is 26.3 Å². The maximum Gasteiger partial charge on any atom is 0.415 e. The van der Waals surface area contributed by atoms with Crippen molar-refractivity contribution in [1.29, 1.82) is 0 Å². The Morgan fingerprint density at radius 2 is 1.65 bits per heavy atom. The molecule has 7 nitrogen and oxygen atoms in total. The highest BCUT2D eigenvalue weighted by Gasteiger charge is 2.18. The number of aliphatic carboxylic acids is 1. The Labute approximate surface area is 200 Å². The average Bonchev–Trinajstić information content (AvgIpc) is 2.80. The molecule has 2 aromatic carbocycles. The fraction of sp³-hybridized carbons (Fsp3) is 0.462. The van der Waals surface area contributed by atoms with Crippen LogP contribution in [0.15, 0.2) is 48.5 Å². The predicted octanol–water partition coefficient (Wildman–Crippen LogP) is 5.17. The fourth-order valence-electron chi connectivity index (χ4n) is 3.28. The Hall–Kier alpha value is -3.13. The molecule has 2 aromatic rings. The number of ether oxygens (including phenoxy) is 3. The molecule has 0 bridgehead atoms. The van der Waals surface area contributed by atoms with Gasteiger partial charge < -0.3 is 24.2 Å². The second-order valence-corrected chi connectivity index (χ2v) is 8.32. The summed E-state index contributed by atoms with van der Waals surface area (Å²) >= 11 is 0. The molecule has 2 rings (SSSR count). The van der Waals surface area contributed by atoms with Gasteiger partial charge in [-0.2, -0.15) is 0 Å². The molecule has 0 saturated carbocycles. The minimum absolute atomic E-state index is 0.260. The van der Waals surface area contributed by atoms with Crippen LogP contribution >= 0.6 is 0 Å². The van der Waals surface area contributed by atoms with E-state index in [1.807, 2.05) is 0 Å². The maximum absolute atomic E-state index is 13.1. The first-order chi connectivity index (χ1) is 16.3. The van der Waals surface area contributed by atoms with Crippen molar-refractivity contribution in [2.24, 2.45) is 5.92 Å². The summed E-state index contributed by atoms with van der Waals surface area (Å²) in [7, 11) is 0. The average molecular weight is 476 g/mol. The van der Waals surface area contributed by atoms with Crippen LogP contribution in [0.3, 0.4) is 0 Å². The lowest BCUT2D eigenvalue weighted by atomic mass is 10.1. The largest absolute Gasteiger partial charge is 0.492 e. The molecule has 186 valence electrons. The minimum atomic E-state index is -0.993. The molecule has 0 spiro atoms. The molecule has 0 aliphatic carbocycles. The molecule has 34 heavy (non-hydrogen) atoms. The summed E-state index contributed by atoms with van der Waals surface area (Å²) < 4.78 is 29.5. The lowest BCUT2D eigenvalue weighted by Gasteiger charge is -2.22. The van der Waals surface area contributed by atoms with Gasteiger partial charge in [-0.15, -0.1) is 0 Å². The van der Waals surface area contributed by atoms with Gasteiger partial charge in [0.25, 0.3) is 0 Å². The van der Waals surface area contributed by atoms with Gasteiger partial charge >= 0.3 is 12.1 Å². The van der Waals surface area contributed by atoms with Crippen LogP contribution in [0.25, 0.3) is 0 Å². The van der Waals surface area contributed by atoms with E-state index in [-0.39, 0.29) is 18.8 Å². The van der Waals surface area contributed by atoms with E-state index in [1.54, 1.807) is 36.1 Å². The Bertz CT molecular complexity index is 885. The van der Waals surface area contributed by atoms with Crippen molar-refractivity contribution >= 4 is 12.1 Å². The van der Waals surface area contributed by atoms with Crippen LogP contribution in [-0.2, 0) is 16.0 Å². The zero-order valence-corrected chi connectivity index (χ0v) is 20.0. The molecule has 1 amide bonds. The second kappa shape index (κ2) is 14.2. The van der Waals surface area contributed by atoms with Gasteiger partial charge in [-0.3, -0.25) is 0 Å². The summed E-state index contributed by atoms with van der Waals surface area (Å²) in [6.07, 6.45) is 0.674. The van der Waals surface area contributed by atoms with Gasteiger partial charge in [0.15, 0.2) is 6.10 Å². The van der Waals surface area contributed by atoms with Crippen molar-refractivity contribution in [1.82, 2.24) is 4.90 Å². The highest BCUT2D eigenvalue weighted by atomic mass is 19.1. The zero-order chi connectivity index (χ0) is 24.9. The number of amides is 1. The molecule has 0 heterocycles. The van der Waals surface area contributed by atoms with Gasteiger partial charge in [0.05, 0.1) is 6.54 Å². The first-order valence-corrected chi connectivity index (χ1v) is 11.6. The number of hydrogen-bond donors (Lipinski definition) is 1. The third kappa shape index (κ3) is 9.79. The van der Waals surface area contributed by atoms with Gasteiger partial charge in [0, 0.05) is 19.6 Å². The smallest absolute Gasteiger partial charge is 0.415 e. The van der Waals surface area contributed by atoms with Crippen LogP contribution in [0.5, 0.6) is 11.5 Å². The van der Waals surface area contributed by atoms with Crippen molar-refractivity contribution in [3.63, 3.8) is 0 Å². The summed E-state index contributed by atoms with van der Waals surface area (Å²) in [6, 6.07) is 12.4. The van der Waals surface area contributed by atoms with E-state index in [0.717, 1.165) is 18.4 Å². The number of carbonyl (C=O) groups is 2. The number of carbonyl (C=O) groups excluding carboxylic acids is 1. The third-order valence-electron chi connectivity index (χ3n) is 5.10. The second-order valence-electron chi connectivity index (χ2n) is 8.32. The van der Waals surface area contributed by atoms with E-state index < -0.39 is 24.0 Å². The predicted molar refractivity (Wildman–Crippen MR) is 127 cm³/mol. The number of rotatable bonds is 14. The first kappa shape index (κ1) is 27.1. The SMILES string of the molecule is CCOC(Cc1ccc(OCCN(CCCC(C)C)C(=O)Oc2ccc(F)cc2)cc1)C(=O)O. The van der Waals surface area contributed by atoms with E-state index >= 15 is 0 Å². The van der Waals surface area contributed by atoms with E-state index in [9.17, 15) is 19.1 Å². The number of benzene rings is 2. The number of carboxylic acid groups (broad SMARTS) is 1. The van der Waals surface area contributed by atoms with Crippen LogP contribution < -0.4 is 9.47 Å². The molecule has 0 radical (unpaired) electrons. The highest BCUT2D eigenvalue weighted by Crippen LogP contribution is 2.16. The molecular weight excluding hydrogens is 441 g/mol. The van der Waals surface area contributed by atoms with E-state index in [2.05, 4.69) is 13.8 Å². The normalized spacial score (nSPS) is 11.8. The van der Waals surface area contributed by atoms with Crippen molar-refractivity contribution in [3.8, 4) is 11.5 Å².